The van der Waals surface area contributed by atoms with Crippen LogP contribution in [0.1, 0.15) is 44.6 Å². The zero-order valence-electron chi connectivity index (χ0n) is 13.3. The number of hydrogen-bond donors (Lipinski definition) is 3. The van der Waals surface area contributed by atoms with Crippen LogP contribution in [0.4, 0.5) is 0 Å². The Morgan fingerprint density at radius 1 is 1.27 bits per heavy atom. The molecule has 2 atom stereocenters. The smallest absolute Gasteiger partial charge is 0.160 e. The molecule has 0 spiro atoms. The lowest BCUT2D eigenvalue weighted by Gasteiger charge is -2.11. The highest BCUT2D eigenvalue weighted by atomic mass is 16.5. The summed E-state index contributed by atoms with van der Waals surface area (Å²) in [5, 5.41) is 28.4. The summed E-state index contributed by atoms with van der Waals surface area (Å²) in [6.07, 6.45) is 1.92. The van der Waals surface area contributed by atoms with Crippen molar-refractivity contribution in [2.45, 2.75) is 57.7 Å². The number of aliphatic hydroxyl groups is 2. The standard InChI is InChI=1S/C17H26O5/c1-12(18)4-3-5-14(19)11-15(20)8-6-13-7-9-16(21)17(10-13)22-2/h7,9-10,12,14,18-19,21H,3-6,8,11H2,1-2H3. The molecule has 1 aromatic rings. The van der Waals surface area contributed by atoms with Gasteiger partial charge in [0.25, 0.3) is 0 Å². The number of phenolic OH excluding ortho intramolecular Hbond substituents is 1. The zero-order valence-corrected chi connectivity index (χ0v) is 13.3. The largest absolute Gasteiger partial charge is 0.504 e. The maximum absolute atomic E-state index is 11.9. The molecule has 5 nitrogen and oxygen atoms in total. The monoisotopic (exact) mass is 310 g/mol. The average Bonchev–Trinajstić information content (AvgIpc) is 2.46. The van der Waals surface area contributed by atoms with Crippen molar-refractivity contribution >= 4 is 5.78 Å². The van der Waals surface area contributed by atoms with Crippen LogP contribution in [0.25, 0.3) is 0 Å². The summed E-state index contributed by atoms with van der Waals surface area (Å²) < 4.78 is 5.03. The van der Waals surface area contributed by atoms with Crippen molar-refractivity contribution in [1.82, 2.24) is 0 Å². The number of methoxy groups -OCH3 is 1. The van der Waals surface area contributed by atoms with Crippen LogP contribution in [-0.4, -0.2) is 40.4 Å². The lowest BCUT2D eigenvalue weighted by Crippen LogP contribution is -2.14. The molecule has 0 radical (unpaired) electrons. The van der Waals surface area contributed by atoms with Gasteiger partial charge in [-0.1, -0.05) is 6.07 Å². The van der Waals surface area contributed by atoms with E-state index < -0.39 is 6.10 Å². The first kappa shape index (κ1) is 18.5. The second-order valence-electron chi connectivity index (χ2n) is 5.68. The first-order chi connectivity index (χ1) is 10.4. The van der Waals surface area contributed by atoms with Crippen LogP contribution in [0.2, 0.25) is 0 Å². The number of carbonyl (C=O) groups is 1. The third-order valence-corrected chi connectivity index (χ3v) is 3.56. The van der Waals surface area contributed by atoms with Gasteiger partial charge in [-0.2, -0.15) is 0 Å². The Bertz CT molecular complexity index is 470. The molecule has 22 heavy (non-hydrogen) atoms. The maximum atomic E-state index is 11.9. The minimum Gasteiger partial charge on any atom is -0.504 e. The molecule has 0 bridgehead atoms. The van der Waals surface area contributed by atoms with Crippen LogP contribution in [0.15, 0.2) is 18.2 Å². The first-order valence-electron chi connectivity index (χ1n) is 7.66. The number of Topliss-reactive ketones (excluding diaryl/α,β-unsaturated/α-hetero) is 1. The topological polar surface area (TPSA) is 87.0 Å². The highest BCUT2D eigenvalue weighted by Gasteiger charge is 2.12. The average molecular weight is 310 g/mol. The van der Waals surface area contributed by atoms with E-state index in [-0.39, 0.29) is 24.1 Å². The number of ketones is 1. The van der Waals surface area contributed by atoms with Crippen molar-refractivity contribution in [1.29, 1.82) is 0 Å². The van der Waals surface area contributed by atoms with Crippen molar-refractivity contribution in [3.05, 3.63) is 23.8 Å². The lowest BCUT2D eigenvalue weighted by atomic mass is 10.0. The van der Waals surface area contributed by atoms with Crippen molar-refractivity contribution in [3.8, 4) is 11.5 Å². The summed E-state index contributed by atoms with van der Waals surface area (Å²) in [6.45, 7) is 1.71. The van der Waals surface area contributed by atoms with E-state index in [0.717, 1.165) is 5.56 Å². The van der Waals surface area contributed by atoms with Crippen LogP contribution < -0.4 is 4.74 Å². The van der Waals surface area contributed by atoms with E-state index in [0.29, 0.717) is 37.9 Å². The van der Waals surface area contributed by atoms with E-state index >= 15 is 0 Å². The Morgan fingerprint density at radius 2 is 2.00 bits per heavy atom. The molecule has 1 aromatic carbocycles. The predicted octanol–water partition coefficient (Wildman–Crippen LogP) is 2.20. The maximum Gasteiger partial charge on any atom is 0.160 e. The molecule has 124 valence electrons. The quantitative estimate of drug-likeness (QED) is 0.617. The van der Waals surface area contributed by atoms with Crippen molar-refractivity contribution in [2.24, 2.45) is 0 Å². The van der Waals surface area contributed by atoms with E-state index in [9.17, 15) is 15.0 Å². The summed E-state index contributed by atoms with van der Waals surface area (Å²) in [5.74, 6) is 0.478. The molecule has 0 aliphatic heterocycles. The third kappa shape index (κ3) is 6.91. The molecule has 0 saturated heterocycles. The summed E-state index contributed by atoms with van der Waals surface area (Å²) in [4.78, 5) is 11.9. The molecular formula is C17H26O5. The van der Waals surface area contributed by atoms with Gasteiger partial charge in [0, 0.05) is 12.8 Å². The van der Waals surface area contributed by atoms with Gasteiger partial charge in [-0.15, -0.1) is 0 Å². The molecule has 2 unspecified atom stereocenters. The van der Waals surface area contributed by atoms with Crippen LogP contribution in [-0.2, 0) is 11.2 Å². The first-order valence-corrected chi connectivity index (χ1v) is 7.66. The van der Waals surface area contributed by atoms with Gasteiger partial charge in [-0.05, 0) is 50.3 Å². The van der Waals surface area contributed by atoms with Gasteiger partial charge < -0.3 is 20.1 Å². The second-order valence-corrected chi connectivity index (χ2v) is 5.68. The number of aromatic hydroxyl groups is 1. The number of hydrogen-bond acceptors (Lipinski definition) is 5. The van der Waals surface area contributed by atoms with Gasteiger partial charge in [-0.3, -0.25) is 4.79 Å². The number of benzene rings is 1. The van der Waals surface area contributed by atoms with Crippen LogP contribution in [0.3, 0.4) is 0 Å². The van der Waals surface area contributed by atoms with Gasteiger partial charge in [-0.25, -0.2) is 0 Å². The van der Waals surface area contributed by atoms with Crippen molar-refractivity contribution < 1.29 is 24.9 Å². The van der Waals surface area contributed by atoms with Gasteiger partial charge in [0.05, 0.1) is 19.3 Å². The van der Waals surface area contributed by atoms with Gasteiger partial charge in [0.2, 0.25) is 0 Å². The Morgan fingerprint density at radius 3 is 2.64 bits per heavy atom. The zero-order chi connectivity index (χ0) is 16.5. The summed E-state index contributed by atoms with van der Waals surface area (Å²) >= 11 is 0. The van der Waals surface area contributed by atoms with Gasteiger partial charge >= 0.3 is 0 Å². The number of ether oxygens (including phenoxy) is 1. The van der Waals surface area contributed by atoms with E-state index in [1.165, 1.54) is 7.11 Å². The number of aryl methyl sites for hydroxylation is 1. The predicted molar refractivity (Wildman–Crippen MR) is 84.1 cm³/mol. The molecule has 0 saturated carbocycles. The van der Waals surface area contributed by atoms with Gasteiger partial charge in [0.15, 0.2) is 11.5 Å². The Hall–Kier alpha value is -1.59. The minimum absolute atomic E-state index is 0.0107. The lowest BCUT2D eigenvalue weighted by molar-refractivity contribution is -0.121. The van der Waals surface area contributed by atoms with Crippen LogP contribution in [0.5, 0.6) is 11.5 Å². The highest BCUT2D eigenvalue weighted by Crippen LogP contribution is 2.26. The van der Waals surface area contributed by atoms with Crippen molar-refractivity contribution in [3.63, 3.8) is 0 Å². The SMILES string of the molecule is COc1cc(CCC(=O)CC(O)CCCC(C)O)ccc1O. The molecule has 0 fully saturated rings. The minimum atomic E-state index is -0.638. The molecular weight excluding hydrogens is 284 g/mol. The fourth-order valence-corrected chi connectivity index (χ4v) is 2.28. The molecule has 0 amide bonds. The molecule has 1 rings (SSSR count). The second kappa shape index (κ2) is 9.43. The summed E-state index contributed by atoms with van der Waals surface area (Å²) in [5.41, 5.74) is 0.909. The number of aliphatic hydroxyl groups excluding tert-OH is 2. The van der Waals surface area contributed by atoms with E-state index in [4.69, 9.17) is 9.84 Å². The molecule has 0 aliphatic carbocycles. The van der Waals surface area contributed by atoms with Crippen LogP contribution in [0, 0.1) is 0 Å². The summed E-state index contributed by atoms with van der Waals surface area (Å²) in [6, 6.07) is 5.01. The number of phenols is 1. The van der Waals surface area contributed by atoms with Crippen molar-refractivity contribution in [2.75, 3.05) is 7.11 Å². The summed E-state index contributed by atoms with van der Waals surface area (Å²) in [7, 11) is 1.48. The fraction of sp³-hybridized carbons (Fsp3) is 0.588. The number of carbonyl (C=O) groups excluding carboxylic acids is 1. The fourth-order valence-electron chi connectivity index (χ4n) is 2.28. The molecule has 0 heterocycles. The molecule has 0 aromatic heterocycles. The van der Waals surface area contributed by atoms with E-state index in [1.54, 1.807) is 25.1 Å². The highest BCUT2D eigenvalue weighted by molar-refractivity contribution is 5.79. The number of rotatable bonds is 10. The molecule has 5 heteroatoms. The van der Waals surface area contributed by atoms with Crippen LogP contribution >= 0.6 is 0 Å². The normalized spacial score (nSPS) is 13.6. The molecule has 0 aliphatic rings. The third-order valence-electron chi connectivity index (χ3n) is 3.56. The Kier molecular flexibility index (Phi) is 7.91. The van der Waals surface area contributed by atoms with E-state index in [1.807, 2.05) is 0 Å². The molecule has 3 N–H and O–H groups in total. The van der Waals surface area contributed by atoms with E-state index in [2.05, 4.69) is 0 Å². The Labute approximate surface area is 131 Å². The van der Waals surface area contributed by atoms with Gasteiger partial charge in [0.1, 0.15) is 5.78 Å². The Balaban J connectivity index is 2.33.